The Bertz CT molecular complexity index is 1230. The molecule has 160 valence electrons. The molecular formula is C27H26N4O. The van der Waals surface area contributed by atoms with Gasteiger partial charge >= 0.3 is 0 Å². The number of nitrogens with one attached hydrogen (secondary N) is 2. The fraction of sp³-hybridized carbons (Fsp3) is 0.148. The van der Waals surface area contributed by atoms with Gasteiger partial charge in [0, 0.05) is 22.9 Å². The maximum Gasteiger partial charge on any atom is 0.251 e. The van der Waals surface area contributed by atoms with Gasteiger partial charge in [0.15, 0.2) is 0 Å². The summed E-state index contributed by atoms with van der Waals surface area (Å²) in [7, 11) is 0. The van der Waals surface area contributed by atoms with E-state index in [9.17, 15) is 4.79 Å². The van der Waals surface area contributed by atoms with Crippen LogP contribution in [-0.4, -0.2) is 15.9 Å². The molecule has 1 aromatic heterocycles. The van der Waals surface area contributed by atoms with Crippen molar-refractivity contribution < 1.29 is 4.79 Å². The first kappa shape index (κ1) is 21.2. The Morgan fingerprint density at radius 3 is 2.41 bits per heavy atom. The van der Waals surface area contributed by atoms with E-state index in [2.05, 4.69) is 51.8 Å². The van der Waals surface area contributed by atoms with E-state index < -0.39 is 0 Å². The molecule has 4 aromatic rings. The highest BCUT2D eigenvalue weighted by atomic mass is 16.1. The highest BCUT2D eigenvalue weighted by molar-refractivity contribution is 5.95. The third-order valence-corrected chi connectivity index (χ3v) is 5.30. The van der Waals surface area contributed by atoms with E-state index in [1.165, 1.54) is 11.1 Å². The fourth-order valence-corrected chi connectivity index (χ4v) is 3.49. The predicted octanol–water partition coefficient (Wildman–Crippen LogP) is 6.00. The van der Waals surface area contributed by atoms with Crippen LogP contribution in [0.4, 0.5) is 11.5 Å². The van der Waals surface area contributed by atoms with Gasteiger partial charge in [0.2, 0.25) is 0 Å². The quantitative estimate of drug-likeness (QED) is 0.400. The van der Waals surface area contributed by atoms with E-state index >= 15 is 0 Å². The van der Waals surface area contributed by atoms with Gasteiger partial charge in [-0.05, 0) is 50.6 Å². The van der Waals surface area contributed by atoms with Gasteiger partial charge in [-0.25, -0.2) is 9.97 Å². The minimum Gasteiger partial charge on any atom is -0.346 e. The van der Waals surface area contributed by atoms with E-state index in [1.807, 2.05) is 62.4 Å². The minimum atomic E-state index is -0.120. The second kappa shape index (κ2) is 9.43. The molecule has 5 nitrogen and oxygen atoms in total. The van der Waals surface area contributed by atoms with Crippen molar-refractivity contribution >= 4 is 17.4 Å². The highest BCUT2D eigenvalue weighted by Crippen LogP contribution is 2.23. The number of anilines is 2. The molecular weight excluding hydrogens is 396 g/mol. The van der Waals surface area contributed by atoms with Gasteiger partial charge in [0.1, 0.15) is 12.1 Å². The summed E-state index contributed by atoms with van der Waals surface area (Å²) in [5.74, 6) is 0.548. The number of amides is 1. The van der Waals surface area contributed by atoms with Crippen molar-refractivity contribution in [3.8, 4) is 11.3 Å². The molecule has 32 heavy (non-hydrogen) atoms. The van der Waals surface area contributed by atoms with Crippen LogP contribution in [0.2, 0.25) is 0 Å². The number of benzene rings is 3. The number of aromatic nitrogens is 2. The third-order valence-electron chi connectivity index (χ3n) is 5.30. The Labute approximate surface area is 188 Å². The number of carbonyl (C=O) groups is 1. The van der Waals surface area contributed by atoms with Crippen LogP contribution in [-0.2, 0) is 0 Å². The maximum atomic E-state index is 12.8. The van der Waals surface area contributed by atoms with Crippen LogP contribution in [0.1, 0.15) is 40.0 Å². The summed E-state index contributed by atoms with van der Waals surface area (Å²) in [5.41, 5.74) is 6.69. The average Bonchev–Trinajstić information content (AvgIpc) is 2.80. The molecule has 1 atom stereocenters. The summed E-state index contributed by atoms with van der Waals surface area (Å²) < 4.78 is 0. The topological polar surface area (TPSA) is 66.9 Å². The van der Waals surface area contributed by atoms with Crippen molar-refractivity contribution in [2.75, 3.05) is 5.32 Å². The van der Waals surface area contributed by atoms with E-state index in [0.717, 1.165) is 22.5 Å². The lowest BCUT2D eigenvalue weighted by molar-refractivity contribution is 0.0940. The number of aryl methyl sites for hydroxylation is 2. The first-order chi connectivity index (χ1) is 15.5. The van der Waals surface area contributed by atoms with Gasteiger partial charge in [-0.1, -0.05) is 59.7 Å². The first-order valence-electron chi connectivity index (χ1n) is 10.6. The Balaban J connectivity index is 1.48. The smallest absolute Gasteiger partial charge is 0.251 e. The molecule has 1 heterocycles. The summed E-state index contributed by atoms with van der Waals surface area (Å²) in [4.78, 5) is 21.5. The minimum absolute atomic E-state index is 0.0848. The summed E-state index contributed by atoms with van der Waals surface area (Å²) in [5, 5.41) is 6.35. The number of carbonyl (C=O) groups excluding carboxylic acids is 1. The van der Waals surface area contributed by atoms with Crippen LogP contribution < -0.4 is 10.6 Å². The molecule has 0 radical (unpaired) electrons. The molecule has 2 N–H and O–H groups in total. The van der Waals surface area contributed by atoms with E-state index in [0.29, 0.717) is 11.4 Å². The molecule has 0 saturated carbocycles. The van der Waals surface area contributed by atoms with Crippen molar-refractivity contribution in [2.45, 2.75) is 26.8 Å². The van der Waals surface area contributed by atoms with Crippen molar-refractivity contribution in [2.24, 2.45) is 0 Å². The second-order valence-electron chi connectivity index (χ2n) is 7.97. The predicted molar refractivity (Wildman–Crippen MR) is 129 cm³/mol. The fourth-order valence-electron chi connectivity index (χ4n) is 3.49. The summed E-state index contributed by atoms with van der Waals surface area (Å²) in [6.45, 7) is 6.09. The van der Waals surface area contributed by atoms with Crippen LogP contribution in [0.3, 0.4) is 0 Å². The highest BCUT2D eigenvalue weighted by Gasteiger charge is 2.12. The summed E-state index contributed by atoms with van der Waals surface area (Å²) in [6.07, 6.45) is 1.54. The molecule has 1 amide bonds. The molecule has 5 heteroatoms. The largest absolute Gasteiger partial charge is 0.346 e. The van der Waals surface area contributed by atoms with Gasteiger partial charge < -0.3 is 10.6 Å². The lowest BCUT2D eigenvalue weighted by Gasteiger charge is -2.15. The molecule has 0 aliphatic rings. The van der Waals surface area contributed by atoms with Crippen molar-refractivity contribution in [1.29, 1.82) is 0 Å². The maximum absolute atomic E-state index is 12.8. The molecule has 0 saturated heterocycles. The number of hydrogen-bond donors (Lipinski definition) is 2. The molecule has 0 spiro atoms. The zero-order valence-corrected chi connectivity index (χ0v) is 18.5. The standard InChI is InChI=1S/C27H26N4O/c1-18-10-12-21(13-11-18)20(3)30-27(32)23-8-5-9-24(15-23)31-26-16-25(28-17-29-26)22-7-4-6-19(2)14-22/h4-17,20H,1-3H3,(H,30,32)(H,28,29,31)/t20-/m0/s1. The van der Waals surface area contributed by atoms with Crippen molar-refractivity contribution in [3.05, 3.63) is 107 Å². The molecule has 0 aliphatic carbocycles. The van der Waals surface area contributed by atoms with Crippen LogP contribution >= 0.6 is 0 Å². The average molecular weight is 423 g/mol. The lowest BCUT2D eigenvalue weighted by atomic mass is 10.1. The Morgan fingerprint density at radius 2 is 1.62 bits per heavy atom. The van der Waals surface area contributed by atoms with Crippen LogP contribution in [0.5, 0.6) is 0 Å². The molecule has 0 unspecified atom stereocenters. The number of hydrogen-bond acceptors (Lipinski definition) is 4. The molecule has 0 fully saturated rings. The van der Waals surface area contributed by atoms with E-state index in [1.54, 1.807) is 12.4 Å². The van der Waals surface area contributed by atoms with Crippen LogP contribution in [0.25, 0.3) is 11.3 Å². The van der Waals surface area contributed by atoms with Crippen molar-refractivity contribution in [3.63, 3.8) is 0 Å². The van der Waals surface area contributed by atoms with Gasteiger partial charge in [0.05, 0.1) is 11.7 Å². The van der Waals surface area contributed by atoms with E-state index in [-0.39, 0.29) is 11.9 Å². The Hall–Kier alpha value is -3.99. The Morgan fingerprint density at radius 1 is 0.844 bits per heavy atom. The lowest BCUT2D eigenvalue weighted by Crippen LogP contribution is -2.26. The zero-order valence-electron chi connectivity index (χ0n) is 18.5. The van der Waals surface area contributed by atoms with Crippen molar-refractivity contribution in [1.82, 2.24) is 15.3 Å². The summed E-state index contributed by atoms with van der Waals surface area (Å²) in [6, 6.07) is 25.6. The van der Waals surface area contributed by atoms with Crippen LogP contribution in [0, 0.1) is 13.8 Å². The van der Waals surface area contributed by atoms with Gasteiger partial charge in [-0.3, -0.25) is 4.79 Å². The Kier molecular flexibility index (Phi) is 6.26. The molecule has 4 rings (SSSR count). The molecule has 0 aliphatic heterocycles. The normalized spacial score (nSPS) is 11.6. The number of rotatable bonds is 6. The van der Waals surface area contributed by atoms with Gasteiger partial charge in [-0.2, -0.15) is 0 Å². The monoisotopic (exact) mass is 422 g/mol. The number of nitrogens with zero attached hydrogens (tertiary/aromatic N) is 2. The second-order valence-corrected chi connectivity index (χ2v) is 7.97. The van der Waals surface area contributed by atoms with Gasteiger partial charge in [0.25, 0.3) is 5.91 Å². The van der Waals surface area contributed by atoms with E-state index in [4.69, 9.17) is 0 Å². The zero-order chi connectivity index (χ0) is 22.5. The third kappa shape index (κ3) is 5.19. The van der Waals surface area contributed by atoms with Gasteiger partial charge in [-0.15, -0.1) is 0 Å². The summed E-state index contributed by atoms with van der Waals surface area (Å²) >= 11 is 0. The molecule has 0 bridgehead atoms. The first-order valence-corrected chi connectivity index (χ1v) is 10.6. The molecule has 3 aromatic carbocycles. The SMILES string of the molecule is Cc1ccc([C@H](C)NC(=O)c2cccc(Nc3cc(-c4cccc(C)c4)ncn3)c2)cc1. The van der Waals surface area contributed by atoms with Crippen LogP contribution in [0.15, 0.2) is 85.2 Å².